The fraction of sp³-hybridized carbons (Fsp3) is 0.308. The number of sulfonamides is 1. The maximum Gasteiger partial charge on any atom is 0.241 e. The van der Waals surface area contributed by atoms with Crippen LogP contribution in [0.5, 0.6) is 5.75 Å². The summed E-state index contributed by atoms with van der Waals surface area (Å²) < 4.78 is 37.0. The highest BCUT2D eigenvalue weighted by Crippen LogP contribution is 2.25. The Morgan fingerprint density at radius 3 is 2.65 bits per heavy atom. The Balaban J connectivity index is 2.27. The van der Waals surface area contributed by atoms with E-state index in [0.29, 0.717) is 17.0 Å². The van der Waals surface area contributed by atoms with Gasteiger partial charge in [0.25, 0.3) is 0 Å². The average molecular weight is 296 g/mol. The van der Waals surface area contributed by atoms with E-state index >= 15 is 0 Å². The normalized spacial score (nSPS) is 11.6. The second-order valence-electron chi connectivity index (χ2n) is 4.39. The first-order chi connectivity index (χ1) is 9.44. The molecule has 0 spiro atoms. The summed E-state index contributed by atoms with van der Waals surface area (Å²) in [7, 11) is -2.05. The number of nitrogens with one attached hydrogen (secondary N) is 1. The third-order valence-electron chi connectivity index (χ3n) is 2.91. The molecule has 0 aliphatic rings. The fourth-order valence-electron chi connectivity index (χ4n) is 1.84. The van der Waals surface area contributed by atoms with E-state index < -0.39 is 10.0 Å². The predicted molar refractivity (Wildman–Crippen MR) is 73.0 cm³/mol. The van der Waals surface area contributed by atoms with Gasteiger partial charge in [-0.2, -0.15) is 0 Å². The highest BCUT2D eigenvalue weighted by Gasteiger charge is 2.18. The molecule has 0 saturated heterocycles. The quantitative estimate of drug-likeness (QED) is 0.909. The van der Waals surface area contributed by atoms with Gasteiger partial charge in [-0.1, -0.05) is 0 Å². The van der Waals surface area contributed by atoms with Crippen molar-refractivity contribution in [2.45, 2.75) is 25.3 Å². The summed E-state index contributed by atoms with van der Waals surface area (Å²) in [6.45, 7) is 3.62. The van der Waals surface area contributed by atoms with Crippen LogP contribution in [0, 0.1) is 13.8 Å². The first kappa shape index (κ1) is 14.5. The number of hydrogen-bond acceptors (Lipinski definition) is 5. The van der Waals surface area contributed by atoms with Crippen LogP contribution >= 0.6 is 0 Å². The largest absolute Gasteiger partial charge is 0.496 e. The number of aryl methyl sites for hydroxylation is 2. The Bertz CT molecular complexity index is 693. The van der Waals surface area contributed by atoms with Crippen molar-refractivity contribution in [3.05, 3.63) is 41.6 Å². The van der Waals surface area contributed by atoms with Crippen molar-refractivity contribution in [1.82, 2.24) is 9.71 Å². The molecule has 0 radical (unpaired) electrons. The van der Waals surface area contributed by atoms with E-state index in [2.05, 4.69) is 9.71 Å². The molecule has 6 nitrogen and oxygen atoms in total. The van der Waals surface area contributed by atoms with E-state index in [9.17, 15) is 8.42 Å². The Morgan fingerprint density at radius 2 is 2.05 bits per heavy atom. The van der Waals surface area contributed by atoms with Gasteiger partial charge in [0.05, 0.1) is 24.2 Å². The molecule has 0 unspecified atom stereocenters. The predicted octanol–water partition coefficient (Wildman–Crippen LogP) is 1.78. The number of nitrogens with zero attached hydrogens (tertiary/aromatic N) is 1. The van der Waals surface area contributed by atoms with Crippen molar-refractivity contribution >= 4 is 10.0 Å². The summed E-state index contributed by atoms with van der Waals surface area (Å²) >= 11 is 0. The number of benzene rings is 1. The van der Waals surface area contributed by atoms with Gasteiger partial charge >= 0.3 is 0 Å². The van der Waals surface area contributed by atoms with Gasteiger partial charge in [0.1, 0.15) is 12.0 Å². The molecular weight excluding hydrogens is 280 g/mol. The van der Waals surface area contributed by atoms with E-state index in [1.807, 2.05) is 0 Å². The molecule has 1 aromatic carbocycles. The van der Waals surface area contributed by atoms with Crippen LogP contribution in [0.3, 0.4) is 0 Å². The average Bonchev–Trinajstić information content (AvgIpc) is 2.92. The number of aromatic nitrogens is 1. The molecule has 0 aliphatic carbocycles. The van der Waals surface area contributed by atoms with Gasteiger partial charge in [0.2, 0.25) is 10.0 Å². The minimum absolute atomic E-state index is 0.0867. The number of methoxy groups -OCH3 is 1. The monoisotopic (exact) mass is 296 g/mol. The number of rotatable bonds is 5. The van der Waals surface area contributed by atoms with Gasteiger partial charge in [-0.15, -0.1) is 0 Å². The molecular formula is C13H16N2O4S. The third-order valence-corrected chi connectivity index (χ3v) is 4.45. The summed E-state index contributed by atoms with van der Waals surface area (Å²) in [5.41, 5.74) is 1.91. The van der Waals surface area contributed by atoms with Gasteiger partial charge in [-0.3, -0.25) is 0 Å². The van der Waals surface area contributed by atoms with E-state index in [-0.39, 0.29) is 11.4 Å². The second kappa shape index (κ2) is 5.64. The lowest BCUT2D eigenvalue weighted by Crippen LogP contribution is -2.24. The number of ether oxygens (including phenoxy) is 1. The Kier molecular flexibility index (Phi) is 4.10. The molecule has 1 aromatic heterocycles. The standard InChI is InChI=1S/C13H16N2O4S/c1-9-5-13(10(2)4-12(9)18-3)20(16,17)15-6-11-7-19-8-14-11/h4-5,7-8,15H,6H2,1-3H3. The van der Waals surface area contributed by atoms with E-state index in [4.69, 9.17) is 9.15 Å². The molecule has 7 heteroatoms. The van der Waals surface area contributed by atoms with Crippen LogP contribution in [0.1, 0.15) is 16.8 Å². The molecule has 1 heterocycles. The van der Waals surface area contributed by atoms with Crippen LogP contribution in [0.2, 0.25) is 0 Å². The summed E-state index contributed by atoms with van der Waals surface area (Å²) in [4.78, 5) is 4.10. The smallest absolute Gasteiger partial charge is 0.241 e. The van der Waals surface area contributed by atoms with Gasteiger partial charge < -0.3 is 9.15 Å². The molecule has 20 heavy (non-hydrogen) atoms. The van der Waals surface area contributed by atoms with E-state index in [1.54, 1.807) is 33.1 Å². The number of oxazole rings is 1. The first-order valence-electron chi connectivity index (χ1n) is 5.96. The summed E-state index contributed by atoms with van der Waals surface area (Å²) in [5.74, 6) is 0.665. The van der Waals surface area contributed by atoms with E-state index in [1.165, 1.54) is 12.7 Å². The van der Waals surface area contributed by atoms with Crippen LogP contribution in [-0.2, 0) is 16.6 Å². The molecule has 0 atom stereocenters. The lowest BCUT2D eigenvalue weighted by molar-refractivity contribution is 0.411. The van der Waals surface area contributed by atoms with Crippen molar-refractivity contribution in [3.63, 3.8) is 0 Å². The maximum atomic E-state index is 12.3. The maximum absolute atomic E-state index is 12.3. The zero-order valence-corrected chi connectivity index (χ0v) is 12.3. The SMILES string of the molecule is COc1cc(C)c(S(=O)(=O)NCc2cocn2)cc1C. The Morgan fingerprint density at radius 1 is 1.30 bits per heavy atom. The van der Waals surface area contributed by atoms with Gasteiger partial charge in [0.15, 0.2) is 6.39 Å². The Labute approximate surface area is 117 Å². The molecule has 2 aromatic rings. The minimum Gasteiger partial charge on any atom is -0.496 e. The van der Waals surface area contributed by atoms with Crippen LogP contribution < -0.4 is 9.46 Å². The zero-order chi connectivity index (χ0) is 14.8. The van der Waals surface area contributed by atoms with Crippen molar-refractivity contribution in [3.8, 4) is 5.75 Å². The minimum atomic E-state index is -3.60. The summed E-state index contributed by atoms with van der Waals surface area (Å²) in [6, 6.07) is 3.30. The summed E-state index contributed by atoms with van der Waals surface area (Å²) in [6.07, 6.45) is 2.65. The Hall–Kier alpha value is -1.86. The molecule has 0 saturated carbocycles. The van der Waals surface area contributed by atoms with Crippen LogP contribution in [0.25, 0.3) is 0 Å². The van der Waals surface area contributed by atoms with Crippen molar-refractivity contribution < 1.29 is 17.6 Å². The highest BCUT2D eigenvalue weighted by atomic mass is 32.2. The molecule has 108 valence electrons. The van der Waals surface area contributed by atoms with Crippen LogP contribution in [0.15, 0.2) is 34.1 Å². The van der Waals surface area contributed by atoms with Crippen molar-refractivity contribution in [2.75, 3.05) is 7.11 Å². The van der Waals surface area contributed by atoms with E-state index in [0.717, 1.165) is 5.56 Å². The summed E-state index contributed by atoms with van der Waals surface area (Å²) in [5, 5.41) is 0. The highest BCUT2D eigenvalue weighted by molar-refractivity contribution is 7.89. The van der Waals surface area contributed by atoms with Crippen molar-refractivity contribution in [2.24, 2.45) is 0 Å². The van der Waals surface area contributed by atoms with Crippen LogP contribution in [-0.4, -0.2) is 20.5 Å². The molecule has 0 fully saturated rings. The van der Waals surface area contributed by atoms with Crippen LogP contribution in [0.4, 0.5) is 0 Å². The molecule has 0 aliphatic heterocycles. The molecule has 0 bridgehead atoms. The fourth-order valence-corrected chi connectivity index (χ4v) is 3.15. The number of hydrogen-bond donors (Lipinski definition) is 1. The van der Waals surface area contributed by atoms with Gasteiger partial charge in [0, 0.05) is 0 Å². The lowest BCUT2D eigenvalue weighted by atomic mass is 10.1. The molecule has 1 N–H and O–H groups in total. The van der Waals surface area contributed by atoms with Crippen molar-refractivity contribution in [1.29, 1.82) is 0 Å². The molecule has 0 amide bonds. The van der Waals surface area contributed by atoms with Gasteiger partial charge in [-0.25, -0.2) is 18.1 Å². The topological polar surface area (TPSA) is 81.4 Å². The second-order valence-corrected chi connectivity index (χ2v) is 6.13. The molecule has 2 rings (SSSR count). The van der Waals surface area contributed by atoms with Gasteiger partial charge in [-0.05, 0) is 37.1 Å². The lowest BCUT2D eigenvalue weighted by Gasteiger charge is -2.12. The zero-order valence-electron chi connectivity index (χ0n) is 11.5. The first-order valence-corrected chi connectivity index (χ1v) is 7.44. The third kappa shape index (κ3) is 3.00.